The zero-order valence-corrected chi connectivity index (χ0v) is 33.4. The SMILES string of the molecule is CCc1cc(CC)c(C(C)(C)C)c(-c2cnn(-c3[c-]c(Oc4[c-]c5c(cc4)c4ccccc4n5-c4cc(C)ccn4)ccc3)c2)c1C(C)(C)C.[Pt+2]. The van der Waals surface area contributed by atoms with Gasteiger partial charge < -0.3 is 9.30 Å². The number of hydrogen-bond acceptors (Lipinski definition) is 3. The van der Waals surface area contributed by atoms with Crippen LogP contribution in [0.15, 0.2) is 91.4 Å². The first-order valence-corrected chi connectivity index (χ1v) is 17.7. The van der Waals surface area contributed by atoms with Gasteiger partial charge in [-0.2, -0.15) is 17.2 Å². The summed E-state index contributed by atoms with van der Waals surface area (Å²) in [7, 11) is 0. The Labute approximate surface area is 317 Å². The molecule has 0 atom stereocenters. The fraction of sp³-hybridized carbons (Fsp3) is 0.289. The molecule has 0 spiro atoms. The van der Waals surface area contributed by atoms with Gasteiger partial charge in [0.05, 0.1) is 6.20 Å². The molecule has 6 heteroatoms. The number of aromatic nitrogens is 4. The van der Waals surface area contributed by atoms with Crippen molar-refractivity contribution in [1.82, 2.24) is 19.3 Å². The third kappa shape index (κ3) is 6.81. The fourth-order valence-corrected chi connectivity index (χ4v) is 7.51. The van der Waals surface area contributed by atoms with Gasteiger partial charge in [0, 0.05) is 35.0 Å². The standard InChI is InChI=1S/C45H46N4O.Pt/c1-10-30-24-31(11-2)43(45(7,8)9)41(42(30)44(4,5)6)32-27-47-48(28-32)33-15-14-16-34(25-33)50-35-19-20-37-36-17-12-13-18-38(36)49(39(37)26-35)40-23-29(3)21-22-46-40;/h12-24,27-28H,10-11H2,1-9H3;/q-2;+2. The first kappa shape index (κ1) is 36.3. The van der Waals surface area contributed by atoms with Crippen LogP contribution in [-0.2, 0) is 44.7 Å². The Kier molecular flexibility index (Phi) is 9.91. The number of nitrogens with zero attached hydrogens (tertiary/aromatic N) is 4. The number of para-hydroxylation sites is 1. The van der Waals surface area contributed by atoms with Crippen LogP contribution in [0.3, 0.4) is 0 Å². The van der Waals surface area contributed by atoms with Crippen LogP contribution in [-0.4, -0.2) is 19.3 Å². The number of hydrogen-bond donors (Lipinski definition) is 0. The summed E-state index contributed by atoms with van der Waals surface area (Å²) in [4.78, 5) is 4.71. The van der Waals surface area contributed by atoms with E-state index in [1.54, 1.807) is 0 Å². The molecule has 5 nitrogen and oxygen atoms in total. The minimum Gasteiger partial charge on any atom is -0.509 e. The quantitative estimate of drug-likeness (QED) is 0.150. The van der Waals surface area contributed by atoms with Crippen LogP contribution in [0.5, 0.6) is 11.5 Å². The Morgan fingerprint density at radius 3 is 2.10 bits per heavy atom. The second-order valence-electron chi connectivity index (χ2n) is 15.3. The molecular weight excluding hydrogens is 808 g/mol. The van der Waals surface area contributed by atoms with Crippen molar-refractivity contribution in [3.8, 4) is 34.1 Å². The molecule has 0 aliphatic rings. The Balaban J connectivity index is 0.00000448. The fourth-order valence-electron chi connectivity index (χ4n) is 7.51. The van der Waals surface area contributed by atoms with Gasteiger partial charge in [-0.15, -0.1) is 35.7 Å². The molecule has 0 fully saturated rings. The smallest absolute Gasteiger partial charge is 0.509 e. The molecule has 0 unspecified atom stereocenters. The van der Waals surface area contributed by atoms with Crippen molar-refractivity contribution in [3.63, 3.8) is 0 Å². The molecule has 262 valence electrons. The topological polar surface area (TPSA) is 44.9 Å². The van der Waals surface area contributed by atoms with Crippen LogP contribution >= 0.6 is 0 Å². The summed E-state index contributed by atoms with van der Waals surface area (Å²) >= 11 is 0. The van der Waals surface area contributed by atoms with E-state index in [1.165, 1.54) is 27.8 Å². The van der Waals surface area contributed by atoms with Crippen LogP contribution in [0.2, 0.25) is 0 Å². The van der Waals surface area contributed by atoms with Crippen molar-refractivity contribution >= 4 is 21.8 Å². The van der Waals surface area contributed by atoms with Crippen LogP contribution < -0.4 is 4.74 Å². The number of fused-ring (bicyclic) bond motifs is 3. The maximum absolute atomic E-state index is 6.45. The Hall–Kier alpha value is -4.47. The number of pyridine rings is 1. The summed E-state index contributed by atoms with van der Waals surface area (Å²) in [5.74, 6) is 2.06. The molecule has 0 aliphatic carbocycles. The van der Waals surface area contributed by atoms with E-state index in [-0.39, 0.29) is 31.9 Å². The molecule has 0 N–H and O–H groups in total. The Bertz CT molecular complexity index is 2330. The first-order valence-electron chi connectivity index (χ1n) is 17.7. The molecule has 7 aromatic rings. The van der Waals surface area contributed by atoms with Gasteiger partial charge in [-0.25, -0.2) is 4.98 Å². The molecular formula is C45H46N4OPt. The van der Waals surface area contributed by atoms with E-state index in [2.05, 4.69) is 128 Å². The predicted molar refractivity (Wildman–Crippen MR) is 206 cm³/mol. The molecule has 0 amide bonds. The van der Waals surface area contributed by atoms with E-state index in [4.69, 9.17) is 14.8 Å². The number of benzene rings is 4. The van der Waals surface area contributed by atoms with Crippen molar-refractivity contribution in [2.45, 2.75) is 86.0 Å². The van der Waals surface area contributed by atoms with Crippen LogP contribution in [0.1, 0.15) is 83.2 Å². The van der Waals surface area contributed by atoms with Gasteiger partial charge in [0.1, 0.15) is 5.82 Å². The van der Waals surface area contributed by atoms with Gasteiger partial charge in [0.25, 0.3) is 0 Å². The van der Waals surface area contributed by atoms with Crippen LogP contribution in [0, 0.1) is 19.1 Å². The van der Waals surface area contributed by atoms with Crippen molar-refractivity contribution in [3.05, 3.63) is 131 Å². The van der Waals surface area contributed by atoms with Gasteiger partial charge >= 0.3 is 21.1 Å². The largest absolute Gasteiger partial charge is 2.00 e. The number of ether oxygens (including phenoxy) is 1. The summed E-state index contributed by atoms with van der Waals surface area (Å²) in [6, 6.07) is 32.0. The molecule has 3 aromatic heterocycles. The zero-order chi connectivity index (χ0) is 35.4. The maximum Gasteiger partial charge on any atom is 2.00 e. The molecule has 0 bridgehead atoms. The molecule has 0 saturated carbocycles. The normalized spacial score (nSPS) is 12.0. The van der Waals surface area contributed by atoms with E-state index in [1.807, 2.05) is 47.4 Å². The van der Waals surface area contributed by atoms with Crippen LogP contribution in [0.25, 0.3) is 44.4 Å². The molecule has 0 aliphatic heterocycles. The predicted octanol–water partition coefficient (Wildman–Crippen LogP) is 11.4. The molecule has 7 rings (SSSR count). The summed E-state index contributed by atoms with van der Waals surface area (Å²) in [6.07, 6.45) is 8.00. The monoisotopic (exact) mass is 853 g/mol. The average molecular weight is 854 g/mol. The van der Waals surface area contributed by atoms with Gasteiger partial charge in [-0.3, -0.25) is 4.68 Å². The van der Waals surface area contributed by atoms with Crippen molar-refractivity contribution < 1.29 is 25.8 Å². The zero-order valence-electron chi connectivity index (χ0n) is 31.1. The van der Waals surface area contributed by atoms with Gasteiger partial charge in [-0.05, 0) is 93.2 Å². The minimum atomic E-state index is -0.0341. The molecule has 0 saturated heterocycles. The maximum atomic E-state index is 6.45. The second kappa shape index (κ2) is 13.9. The second-order valence-corrected chi connectivity index (χ2v) is 15.3. The summed E-state index contributed by atoms with van der Waals surface area (Å²) in [5, 5.41) is 7.14. The Morgan fingerprint density at radius 1 is 0.745 bits per heavy atom. The molecule has 0 radical (unpaired) electrons. The average Bonchev–Trinajstić information content (AvgIpc) is 3.70. The molecule has 4 aromatic carbocycles. The molecule has 51 heavy (non-hydrogen) atoms. The van der Waals surface area contributed by atoms with E-state index < -0.39 is 0 Å². The van der Waals surface area contributed by atoms with Crippen molar-refractivity contribution in [1.29, 1.82) is 0 Å². The van der Waals surface area contributed by atoms with E-state index in [0.717, 1.165) is 57.3 Å². The summed E-state index contributed by atoms with van der Waals surface area (Å²) in [6.45, 7) is 20.6. The third-order valence-corrected chi connectivity index (χ3v) is 9.53. The van der Waals surface area contributed by atoms with Crippen molar-refractivity contribution in [2.75, 3.05) is 0 Å². The van der Waals surface area contributed by atoms with E-state index in [0.29, 0.717) is 11.5 Å². The molecule has 3 heterocycles. The van der Waals surface area contributed by atoms with Gasteiger partial charge in [0.15, 0.2) is 0 Å². The summed E-state index contributed by atoms with van der Waals surface area (Å²) in [5.41, 5.74) is 12.0. The minimum absolute atomic E-state index is 0. The van der Waals surface area contributed by atoms with Crippen molar-refractivity contribution in [2.24, 2.45) is 0 Å². The van der Waals surface area contributed by atoms with Gasteiger partial charge in [0.2, 0.25) is 0 Å². The van der Waals surface area contributed by atoms with Crippen LogP contribution in [0.4, 0.5) is 0 Å². The number of aryl methyl sites for hydroxylation is 3. The first-order chi connectivity index (χ1) is 23.9. The summed E-state index contributed by atoms with van der Waals surface area (Å²) < 4.78 is 10.5. The number of rotatable bonds is 7. The van der Waals surface area contributed by atoms with E-state index >= 15 is 0 Å². The third-order valence-electron chi connectivity index (χ3n) is 9.53. The Morgan fingerprint density at radius 2 is 1.43 bits per heavy atom. The van der Waals surface area contributed by atoms with Gasteiger partial charge in [-0.1, -0.05) is 85.2 Å². The van der Waals surface area contributed by atoms with E-state index in [9.17, 15) is 0 Å².